The van der Waals surface area contributed by atoms with Crippen LogP contribution in [0.5, 0.6) is 17.2 Å². The van der Waals surface area contributed by atoms with Crippen LogP contribution in [0.25, 0.3) is 0 Å². The van der Waals surface area contributed by atoms with Gasteiger partial charge < -0.3 is 19.1 Å². The minimum absolute atomic E-state index is 0.0825. The van der Waals surface area contributed by atoms with E-state index in [2.05, 4.69) is 25.9 Å². The van der Waals surface area contributed by atoms with Crippen LogP contribution in [0.4, 0.5) is 10.5 Å². The lowest BCUT2D eigenvalue weighted by Gasteiger charge is -2.52. The fraction of sp³-hybridized carbons (Fsp3) is 0.440. The highest BCUT2D eigenvalue weighted by Crippen LogP contribution is 2.61. The number of carbonyl (C=O) groups excluding carboxylic acids is 2. The van der Waals surface area contributed by atoms with E-state index < -0.39 is 22.6 Å². The summed E-state index contributed by atoms with van der Waals surface area (Å²) in [5.74, 6) is 1.11. The quantitative estimate of drug-likeness (QED) is 0.281. The van der Waals surface area contributed by atoms with Crippen LogP contribution in [0.2, 0.25) is 0 Å². The van der Waals surface area contributed by atoms with Crippen molar-refractivity contribution < 1.29 is 28.7 Å². The van der Waals surface area contributed by atoms with Gasteiger partial charge >= 0.3 is 6.16 Å². The van der Waals surface area contributed by atoms with Crippen LogP contribution >= 0.6 is 0 Å². The number of likely N-dealkylation sites (N-methyl/N-ethyl adjacent to an activating group) is 1. The van der Waals surface area contributed by atoms with E-state index in [1.165, 1.54) is 24.3 Å². The fourth-order valence-corrected chi connectivity index (χ4v) is 6.17. The number of hydrogen-bond donors (Lipinski definition) is 0. The van der Waals surface area contributed by atoms with Gasteiger partial charge in [0.05, 0.1) is 4.92 Å². The van der Waals surface area contributed by atoms with Crippen molar-refractivity contribution in [3.63, 3.8) is 0 Å². The smallest absolute Gasteiger partial charge is 0.477 e. The Morgan fingerprint density at radius 2 is 1.94 bits per heavy atom. The van der Waals surface area contributed by atoms with Crippen LogP contribution in [-0.2, 0) is 16.6 Å². The second kappa shape index (κ2) is 8.09. The number of benzene rings is 2. The van der Waals surface area contributed by atoms with Crippen molar-refractivity contribution in [3.05, 3.63) is 57.6 Å². The third-order valence-electron chi connectivity index (χ3n) is 7.62. The molecule has 4 atom stereocenters. The van der Waals surface area contributed by atoms with Crippen LogP contribution in [0.3, 0.4) is 0 Å². The van der Waals surface area contributed by atoms with Crippen LogP contribution in [-0.4, -0.2) is 48.0 Å². The number of carbonyl (C=O) groups is 2. The fourth-order valence-electron chi connectivity index (χ4n) is 6.17. The number of ketones is 1. The van der Waals surface area contributed by atoms with Crippen molar-refractivity contribution >= 4 is 17.6 Å². The molecule has 0 aromatic heterocycles. The molecule has 178 valence electrons. The van der Waals surface area contributed by atoms with Gasteiger partial charge in [0, 0.05) is 35.6 Å². The number of ether oxygens (including phenoxy) is 3. The van der Waals surface area contributed by atoms with Gasteiger partial charge in [-0.3, -0.25) is 14.9 Å². The molecule has 1 heterocycles. The van der Waals surface area contributed by atoms with Crippen molar-refractivity contribution in [2.24, 2.45) is 5.92 Å². The zero-order valence-electron chi connectivity index (χ0n) is 19.3. The topological polar surface area (TPSA) is 108 Å². The van der Waals surface area contributed by atoms with E-state index in [1.54, 1.807) is 6.07 Å². The first-order valence-electron chi connectivity index (χ1n) is 11.4. The molecular formula is C25H26N2O7. The van der Waals surface area contributed by atoms with Gasteiger partial charge in [-0.25, -0.2) is 4.79 Å². The third kappa shape index (κ3) is 3.26. The summed E-state index contributed by atoms with van der Waals surface area (Å²) in [4.78, 5) is 38.0. The number of nitro benzene ring substituents is 1. The summed E-state index contributed by atoms with van der Waals surface area (Å²) in [5.41, 5.74) is 1.53. The molecule has 0 spiro atoms. The number of nitro groups is 1. The van der Waals surface area contributed by atoms with E-state index in [4.69, 9.17) is 14.2 Å². The molecule has 1 fully saturated rings. The zero-order valence-corrected chi connectivity index (χ0v) is 19.3. The summed E-state index contributed by atoms with van der Waals surface area (Å²) < 4.78 is 17.0. The summed E-state index contributed by atoms with van der Waals surface area (Å²) in [6, 6.07) is 9.06. The minimum atomic E-state index is -0.987. The first-order valence-corrected chi connectivity index (χ1v) is 11.4. The van der Waals surface area contributed by atoms with Gasteiger partial charge in [-0.15, -0.1) is 0 Å². The van der Waals surface area contributed by atoms with Crippen molar-refractivity contribution in [1.29, 1.82) is 0 Å². The van der Waals surface area contributed by atoms with Crippen LogP contribution in [0.1, 0.15) is 37.3 Å². The van der Waals surface area contributed by atoms with Crippen molar-refractivity contribution in [2.45, 2.75) is 50.2 Å². The van der Waals surface area contributed by atoms with E-state index in [-0.39, 0.29) is 34.9 Å². The number of hydrogen-bond acceptors (Lipinski definition) is 8. The second-order valence-corrected chi connectivity index (χ2v) is 9.37. The maximum absolute atomic E-state index is 13.0. The molecule has 0 radical (unpaired) electrons. The molecule has 1 unspecified atom stereocenters. The molecule has 2 aromatic carbocycles. The number of non-ortho nitro benzene ring substituents is 1. The molecular weight excluding hydrogens is 440 g/mol. The van der Waals surface area contributed by atoms with Gasteiger partial charge in [-0.1, -0.05) is 13.0 Å². The largest absolute Gasteiger partial charge is 0.519 e. The normalized spacial score (nSPS) is 26.6. The summed E-state index contributed by atoms with van der Waals surface area (Å²) in [6.45, 7) is 2.09. The highest BCUT2D eigenvalue weighted by Gasteiger charge is 2.63. The van der Waals surface area contributed by atoms with Gasteiger partial charge in [0.1, 0.15) is 5.75 Å². The van der Waals surface area contributed by atoms with Gasteiger partial charge in [0.25, 0.3) is 5.69 Å². The van der Waals surface area contributed by atoms with Gasteiger partial charge in [-0.05, 0) is 63.0 Å². The number of rotatable bonds is 5. The maximum Gasteiger partial charge on any atom is 0.519 e. The zero-order chi connectivity index (χ0) is 24.2. The number of nitrogens with zero attached hydrogens (tertiary/aromatic N) is 2. The first-order chi connectivity index (χ1) is 16.3. The molecule has 3 aliphatic rings. The first kappa shape index (κ1) is 22.3. The molecule has 0 amide bonds. The Morgan fingerprint density at radius 3 is 2.59 bits per heavy atom. The van der Waals surface area contributed by atoms with E-state index >= 15 is 0 Å². The summed E-state index contributed by atoms with van der Waals surface area (Å²) in [7, 11) is 4.15. The van der Waals surface area contributed by atoms with Crippen LogP contribution in [0.15, 0.2) is 36.4 Å². The second-order valence-electron chi connectivity index (χ2n) is 9.37. The van der Waals surface area contributed by atoms with E-state index in [1.807, 2.05) is 6.07 Å². The molecule has 5 rings (SSSR count). The lowest BCUT2D eigenvalue weighted by Crippen LogP contribution is -2.60. The predicted octanol–water partition coefficient (Wildman–Crippen LogP) is 4.05. The monoisotopic (exact) mass is 466 g/mol. The van der Waals surface area contributed by atoms with Crippen molar-refractivity contribution in [3.8, 4) is 17.2 Å². The van der Waals surface area contributed by atoms with Crippen molar-refractivity contribution in [2.75, 3.05) is 14.1 Å². The van der Waals surface area contributed by atoms with Gasteiger partial charge in [0.15, 0.2) is 23.4 Å². The molecule has 2 aromatic rings. The molecule has 0 bridgehead atoms. The number of Topliss-reactive ketones (excluding diaryl/α,β-unsaturated/α-hetero) is 1. The summed E-state index contributed by atoms with van der Waals surface area (Å²) in [5, 5.41) is 10.8. The van der Waals surface area contributed by atoms with Gasteiger partial charge in [0.2, 0.25) is 0 Å². The summed E-state index contributed by atoms with van der Waals surface area (Å²) >= 11 is 0. The Hall–Kier alpha value is -3.46. The van der Waals surface area contributed by atoms with Crippen LogP contribution in [0, 0.1) is 16.0 Å². The molecule has 9 heteroatoms. The Labute approximate surface area is 196 Å². The van der Waals surface area contributed by atoms with E-state index in [0.29, 0.717) is 12.2 Å². The molecule has 1 aliphatic heterocycles. The van der Waals surface area contributed by atoms with Crippen molar-refractivity contribution in [1.82, 2.24) is 4.90 Å². The van der Waals surface area contributed by atoms with E-state index in [9.17, 15) is 19.7 Å². The molecule has 2 aliphatic carbocycles. The molecule has 9 nitrogen and oxygen atoms in total. The lowest BCUT2D eigenvalue weighted by atomic mass is 9.53. The molecule has 0 N–H and O–H groups in total. The highest BCUT2D eigenvalue weighted by atomic mass is 16.7. The summed E-state index contributed by atoms with van der Waals surface area (Å²) in [6.07, 6.45) is 1.28. The van der Waals surface area contributed by atoms with Crippen LogP contribution < -0.4 is 14.2 Å². The minimum Gasteiger partial charge on any atom is -0.477 e. The Balaban J connectivity index is 1.48. The molecule has 0 saturated heterocycles. The Morgan fingerprint density at radius 1 is 1.21 bits per heavy atom. The molecule has 34 heavy (non-hydrogen) atoms. The average Bonchev–Trinajstić information content (AvgIpc) is 3.18. The maximum atomic E-state index is 13.0. The Kier molecular flexibility index (Phi) is 5.31. The predicted molar refractivity (Wildman–Crippen MR) is 121 cm³/mol. The third-order valence-corrected chi connectivity index (χ3v) is 7.62. The van der Waals surface area contributed by atoms with E-state index in [0.717, 1.165) is 30.4 Å². The average molecular weight is 466 g/mol. The standard InChI is InChI=1S/C25H26N2O7/c1-4-25-17-10-11-19(28)23(25)34-22-20(12-5-14(21(22)25)13-18(17)26(2)3)33-24(29)32-16-8-6-15(7-9-16)27(30)31/h5-9,12,17-18,23H,4,10-11,13H2,1-3H3/t17?,18-,23+,25+/m0/s1. The SMILES string of the molecule is CC[C@@]12c3c4ccc(OC(=O)Oc5ccc([N+](=O)[O-])cc5)c3O[C@@H]1C(=O)CCC2[C@@H](N(C)C)C4. The molecule has 1 saturated carbocycles. The highest BCUT2D eigenvalue weighted by molar-refractivity contribution is 5.89. The van der Waals surface area contributed by atoms with Gasteiger partial charge in [-0.2, -0.15) is 0 Å². The Bertz CT molecular complexity index is 1180. The lowest BCUT2D eigenvalue weighted by molar-refractivity contribution is -0.384.